The predicted molar refractivity (Wildman–Crippen MR) is 167 cm³/mol. The molecular weight excluding hydrogens is 530 g/mol. The van der Waals surface area contributed by atoms with Gasteiger partial charge in [0.05, 0.1) is 4.88 Å². The van der Waals surface area contributed by atoms with Crippen LogP contribution in [0.1, 0.15) is 78.6 Å². The Labute approximate surface area is 248 Å². The van der Waals surface area contributed by atoms with Crippen molar-refractivity contribution < 1.29 is 14.7 Å². The second kappa shape index (κ2) is 14.0. The number of thiophene rings is 1. The molecule has 0 unspecified atom stereocenters. The van der Waals surface area contributed by atoms with Crippen LogP contribution >= 0.6 is 11.3 Å². The Hall–Kier alpha value is -2.74. The minimum atomic E-state index is -0.854. The monoisotopic (exact) mass is 575 g/mol. The zero-order valence-corrected chi connectivity index (χ0v) is 25.2. The van der Waals surface area contributed by atoms with Crippen LogP contribution in [-0.4, -0.2) is 59.6 Å². The molecule has 0 radical (unpaired) electrons. The van der Waals surface area contributed by atoms with Crippen LogP contribution in [0.5, 0.6) is 0 Å². The maximum Gasteiger partial charge on any atom is 0.262 e. The highest BCUT2D eigenvalue weighted by atomic mass is 32.1. The van der Waals surface area contributed by atoms with Crippen LogP contribution in [0.15, 0.2) is 54.6 Å². The van der Waals surface area contributed by atoms with Crippen molar-refractivity contribution >= 4 is 33.2 Å². The van der Waals surface area contributed by atoms with Gasteiger partial charge in [-0.3, -0.25) is 9.59 Å². The Balaban J connectivity index is 1.23. The van der Waals surface area contributed by atoms with E-state index in [4.69, 9.17) is 0 Å². The van der Waals surface area contributed by atoms with E-state index in [9.17, 15) is 14.7 Å². The van der Waals surface area contributed by atoms with Gasteiger partial charge >= 0.3 is 0 Å². The number of benzene rings is 2. The number of aliphatic hydroxyl groups excluding tert-OH is 1. The Morgan fingerprint density at radius 3 is 2.56 bits per heavy atom. The molecular formula is C34H45N3O3S. The fourth-order valence-electron chi connectivity index (χ4n) is 6.61. The van der Waals surface area contributed by atoms with Crippen molar-refractivity contribution in [2.45, 2.75) is 82.7 Å². The maximum absolute atomic E-state index is 14.0. The first-order chi connectivity index (χ1) is 19.9. The number of piperidine rings is 1. The van der Waals surface area contributed by atoms with E-state index in [0.29, 0.717) is 23.6 Å². The van der Waals surface area contributed by atoms with Gasteiger partial charge in [0.25, 0.3) is 5.91 Å². The lowest BCUT2D eigenvalue weighted by Gasteiger charge is -2.33. The van der Waals surface area contributed by atoms with E-state index >= 15 is 0 Å². The number of nitrogens with zero attached hydrogens (tertiary/aromatic N) is 1. The summed E-state index contributed by atoms with van der Waals surface area (Å²) in [6.07, 6.45) is 9.16. The molecule has 2 aromatic carbocycles. The third-order valence-electron chi connectivity index (χ3n) is 9.08. The zero-order chi connectivity index (χ0) is 28.7. The van der Waals surface area contributed by atoms with Crippen LogP contribution in [0.3, 0.4) is 0 Å². The van der Waals surface area contributed by atoms with Crippen LogP contribution < -0.4 is 10.6 Å². The number of carbonyl (C=O) groups is 2. The van der Waals surface area contributed by atoms with E-state index < -0.39 is 5.54 Å². The van der Waals surface area contributed by atoms with Crippen molar-refractivity contribution in [1.29, 1.82) is 0 Å². The summed E-state index contributed by atoms with van der Waals surface area (Å²) < 4.78 is 1.10. The Bertz CT molecular complexity index is 1290. The van der Waals surface area contributed by atoms with Crippen LogP contribution in [0.4, 0.5) is 0 Å². The molecule has 2 aliphatic rings. The highest BCUT2D eigenvalue weighted by molar-refractivity contribution is 7.20. The second-order valence-corrected chi connectivity index (χ2v) is 13.3. The van der Waals surface area contributed by atoms with Crippen molar-refractivity contribution in [2.24, 2.45) is 5.92 Å². The van der Waals surface area contributed by atoms with E-state index in [2.05, 4.69) is 64.9 Å². The molecule has 0 bridgehead atoms. The van der Waals surface area contributed by atoms with Crippen molar-refractivity contribution in [3.05, 3.63) is 70.6 Å². The van der Waals surface area contributed by atoms with E-state index in [1.165, 1.54) is 22.5 Å². The van der Waals surface area contributed by atoms with Crippen molar-refractivity contribution in [2.75, 3.05) is 26.2 Å². The lowest BCUT2D eigenvalue weighted by atomic mass is 9.93. The average Bonchev–Trinajstić information content (AvgIpc) is 3.62. The summed E-state index contributed by atoms with van der Waals surface area (Å²) >= 11 is 1.50. The molecule has 1 aliphatic heterocycles. The van der Waals surface area contributed by atoms with Gasteiger partial charge < -0.3 is 20.6 Å². The molecule has 2 amide bonds. The van der Waals surface area contributed by atoms with E-state index in [-0.39, 0.29) is 24.5 Å². The first-order valence-electron chi connectivity index (χ1n) is 15.4. The SMILES string of the molecule is Cc1ccc2cc(C(=O)NC3(C(=O)N[C@@H](CCCN4CCC(CCO)CC4)Cc4ccccc4)CCCC3)sc2c1. The van der Waals surface area contributed by atoms with Crippen LogP contribution in [-0.2, 0) is 11.2 Å². The predicted octanol–water partition coefficient (Wildman–Crippen LogP) is 5.85. The van der Waals surface area contributed by atoms with Gasteiger partial charge in [0.2, 0.25) is 5.91 Å². The summed E-state index contributed by atoms with van der Waals surface area (Å²) in [6.45, 7) is 5.56. The number of aliphatic hydroxyl groups is 1. The topological polar surface area (TPSA) is 81.7 Å². The number of hydrogen-bond donors (Lipinski definition) is 3. The summed E-state index contributed by atoms with van der Waals surface area (Å²) in [7, 11) is 0. The molecule has 41 heavy (non-hydrogen) atoms. The third-order valence-corrected chi connectivity index (χ3v) is 10.2. The van der Waals surface area contributed by atoms with Gasteiger partial charge in [-0.1, -0.05) is 55.3 Å². The van der Waals surface area contributed by atoms with Gasteiger partial charge in [-0.2, -0.15) is 0 Å². The largest absolute Gasteiger partial charge is 0.396 e. The average molecular weight is 576 g/mol. The van der Waals surface area contributed by atoms with E-state index in [0.717, 1.165) is 81.1 Å². The summed E-state index contributed by atoms with van der Waals surface area (Å²) in [6, 6.07) is 18.6. The van der Waals surface area contributed by atoms with E-state index in [1.54, 1.807) is 0 Å². The van der Waals surface area contributed by atoms with Crippen molar-refractivity contribution in [3.63, 3.8) is 0 Å². The summed E-state index contributed by atoms with van der Waals surface area (Å²) in [5, 5.41) is 16.9. The smallest absolute Gasteiger partial charge is 0.262 e. The first-order valence-corrected chi connectivity index (χ1v) is 16.3. The number of fused-ring (bicyclic) bond motifs is 1. The minimum Gasteiger partial charge on any atom is -0.396 e. The van der Waals surface area contributed by atoms with Crippen molar-refractivity contribution in [3.8, 4) is 0 Å². The molecule has 5 rings (SSSR count). The molecule has 1 aromatic heterocycles. The summed E-state index contributed by atoms with van der Waals surface area (Å²) in [5.74, 6) is 0.465. The van der Waals surface area contributed by atoms with Crippen LogP contribution in [0.25, 0.3) is 10.1 Å². The highest BCUT2D eigenvalue weighted by Crippen LogP contribution is 2.33. The van der Waals surface area contributed by atoms with Gasteiger partial charge in [-0.25, -0.2) is 0 Å². The molecule has 1 saturated carbocycles. The number of aryl methyl sites for hydroxylation is 1. The van der Waals surface area contributed by atoms with Gasteiger partial charge in [0.15, 0.2) is 0 Å². The lowest BCUT2D eigenvalue weighted by molar-refractivity contribution is -0.128. The fraction of sp³-hybridized carbons (Fsp3) is 0.529. The number of hydrogen-bond acceptors (Lipinski definition) is 5. The number of nitrogens with one attached hydrogen (secondary N) is 2. The Kier molecular flexibility index (Phi) is 10.1. The first kappa shape index (κ1) is 29.7. The number of carbonyl (C=O) groups excluding carboxylic acids is 2. The Morgan fingerprint density at radius 1 is 1.07 bits per heavy atom. The van der Waals surface area contributed by atoms with Crippen molar-refractivity contribution in [1.82, 2.24) is 15.5 Å². The second-order valence-electron chi connectivity index (χ2n) is 12.2. The Morgan fingerprint density at radius 2 is 1.83 bits per heavy atom. The van der Waals surface area contributed by atoms with Gasteiger partial charge in [-0.15, -0.1) is 11.3 Å². The molecule has 3 aromatic rings. The molecule has 1 aliphatic carbocycles. The molecule has 1 saturated heterocycles. The number of rotatable bonds is 12. The highest BCUT2D eigenvalue weighted by Gasteiger charge is 2.43. The fourth-order valence-corrected chi connectivity index (χ4v) is 7.66. The van der Waals surface area contributed by atoms with E-state index in [1.807, 2.05) is 12.1 Å². The molecule has 1 atom stereocenters. The summed E-state index contributed by atoms with van der Waals surface area (Å²) in [5.41, 5.74) is 1.54. The molecule has 0 spiro atoms. The number of amides is 2. The molecule has 2 fully saturated rings. The minimum absolute atomic E-state index is 0.0125. The standard InChI is InChI=1S/C34H45N3O3S/c1-25-11-12-28-24-31(41-30(28)22-25)32(39)36-34(16-5-6-17-34)33(40)35-29(23-27-8-3-2-4-9-27)10-7-18-37-19-13-26(14-20-37)15-21-38/h2-4,8-9,11-12,22,24,26,29,38H,5-7,10,13-21,23H2,1H3,(H,35,40)(H,36,39)/t29-/m0/s1. The zero-order valence-electron chi connectivity index (χ0n) is 24.4. The molecule has 220 valence electrons. The normalized spacial score (nSPS) is 18.4. The third kappa shape index (κ3) is 7.76. The quantitative estimate of drug-likeness (QED) is 0.253. The lowest BCUT2D eigenvalue weighted by Crippen LogP contribution is -2.59. The molecule has 3 N–H and O–H groups in total. The molecule has 6 nitrogen and oxygen atoms in total. The van der Waals surface area contributed by atoms with Gasteiger partial charge in [0, 0.05) is 17.3 Å². The van der Waals surface area contributed by atoms with Gasteiger partial charge in [-0.05, 0) is 112 Å². The molecule has 2 heterocycles. The van der Waals surface area contributed by atoms with Gasteiger partial charge in [0.1, 0.15) is 5.54 Å². The summed E-state index contributed by atoms with van der Waals surface area (Å²) in [4.78, 5) is 30.6. The maximum atomic E-state index is 14.0. The van der Waals surface area contributed by atoms with Crippen LogP contribution in [0.2, 0.25) is 0 Å². The van der Waals surface area contributed by atoms with Crippen LogP contribution in [0, 0.1) is 12.8 Å². The molecule has 7 heteroatoms. The number of likely N-dealkylation sites (tertiary alicyclic amines) is 1.